The van der Waals surface area contributed by atoms with Gasteiger partial charge in [-0.25, -0.2) is 13.7 Å². The summed E-state index contributed by atoms with van der Waals surface area (Å²) in [6.45, 7) is 15.4. The average molecular weight is 1110 g/mol. The maximum absolute atomic E-state index is 9.18. The van der Waals surface area contributed by atoms with Crippen molar-refractivity contribution in [3.05, 3.63) is 234 Å². The summed E-state index contributed by atoms with van der Waals surface area (Å²) in [7, 11) is 6.31. The fourth-order valence-electron chi connectivity index (χ4n) is 13.3. The van der Waals surface area contributed by atoms with Crippen LogP contribution in [0.5, 0.6) is 0 Å². The number of hydrogen-bond acceptors (Lipinski definition) is 3. The molecule has 0 spiro atoms. The predicted molar refractivity (Wildman–Crippen MR) is 352 cm³/mol. The van der Waals surface area contributed by atoms with E-state index in [1.54, 1.807) is 0 Å². The summed E-state index contributed by atoms with van der Waals surface area (Å²) in [4.78, 5) is 0. The molecule has 0 saturated heterocycles. The van der Waals surface area contributed by atoms with Crippen molar-refractivity contribution in [2.45, 2.75) is 80.0 Å². The maximum atomic E-state index is 9.18. The number of aryl methyl sites for hydroxylation is 8. The third kappa shape index (κ3) is 9.87. The van der Waals surface area contributed by atoms with Gasteiger partial charge in [0.1, 0.15) is 54.6 Å². The first kappa shape index (κ1) is 52.4. The molecule has 6 aromatic heterocycles. The maximum Gasteiger partial charge on any atom is 0.216 e. The van der Waals surface area contributed by atoms with Crippen LogP contribution in [0.1, 0.15) is 80.2 Å². The van der Waals surface area contributed by atoms with E-state index in [1.165, 1.54) is 82.5 Å². The van der Waals surface area contributed by atoms with Crippen molar-refractivity contribution in [3.63, 3.8) is 0 Å². The van der Waals surface area contributed by atoms with Gasteiger partial charge in [0, 0.05) is 39.6 Å². The highest BCUT2D eigenvalue weighted by Crippen LogP contribution is 2.44. The largest absolute Gasteiger partial charge is 0.456 e. The minimum atomic E-state index is -0.483. The molecule has 1 aliphatic rings. The van der Waals surface area contributed by atoms with E-state index >= 15 is 0 Å². The van der Waals surface area contributed by atoms with E-state index in [2.05, 4.69) is 284 Å². The molecular weight excluding hydrogens is 1040 g/mol. The second-order valence-corrected chi connectivity index (χ2v) is 24.9. The quantitative estimate of drug-likeness (QED) is 0.165. The van der Waals surface area contributed by atoms with E-state index in [0.29, 0.717) is 5.41 Å². The van der Waals surface area contributed by atoms with Crippen LogP contribution in [-0.4, -0.2) is 0 Å². The average Bonchev–Trinajstić information content (AvgIpc) is 2.32. The summed E-state index contributed by atoms with van der Waals surface area (Å²) >= 11 is 0. The van der Waals surface area contributed by atoms with E-state index in [4.69, 9.17) is 13.3 Å². The van der Waals surface area contributed by atoms with Crippen LogP contribution < -0.4 is 13.7 Å². The van der Waals surface area contributed by atoms with Crippen LogP contribution in [-0.2, 0) is 21.1 Å². The predicted octanol–water partition coefficient (Wildman–Crippen LogP) is 19.9. The normalized spacial score (nSPS) is 14.2. The Morgan fingerprint density at radius 2 is 0.824 bits per heavy atom. The number of hydrogen-bond donors (Lipinski definition) is 0. The Labute approximate surface area is 498 Å². The van der Waals surface area contributed by atoms with Gasteiger partial charge in [-0.1, -0.05) is 140 Å². The zero-order valence-electron chi connectivity index (χ0n) is 51.4. The number of benzene rings is 9. The molecule has 9 aromatic carbocycles. The summed E-state index contributed by atoms with van der Waals surface area (Å²) < 4.78 is 34.7. The van der Waals surface area contributed by atoms with Gasteiger partial charge in [0.25, 0.3) is 0 Å². The molecule has 85 heavy (non-hydrogen) atoms. The standard InChI is InChI=1S/C31H32NO.C25H22NO.C23H18NO/c1-20-7-5-6-8-24(20)28-18-29-27(19-32(28)4)26-12-10-23-17-22(9-11-25(23)30(26)33-29)21-13-15-31(2,3)16-14-21;1-15-6-8-20(17(3)9-15)23-13-25-22(14-26(23)4)21-11-18-7-5-16(2)10-19(18)12-24(21)27-25;1-15-7-3-6-10-18(15)21-13-23-20(14-24(21)2)19-11-16-8-4-5-9-17(16)12-22(19)25-23/h5-12,17-19,21H,13-16H2,1-4H3;5-14H,1-4H3;3-14H,1-2H3/q3*+1/i21D;;. The summed E-state index contributed by atoms with van der Waals surface area (Å²) in [5.41, 5.74) is 20.6. The van der Waals surface area contributed by atoms with Crippen LogP contribution in [0.2, 0.25) is 0 Å². The molecule has 0 atom stereocenters. The molecular formula is C79H72N3O3+3. The summed E-state index contributed by atoms with van der Waals surface area (Å²) in [5, 5.41) is 14.1. The van der Waals surface area contributed by atoms with Crippen LogP contribution in [0, 0.1) is 40.0 Å². The van der Waals surface area contributed by atoms with Crippen molar-refractivity contribution < 1.29 is 28.3 Å². The molecule has 0 radical (unpaired) electrons. The lowest BCUT2D eigenvalue weighted by atomic mass is 9.71. The van der Waals surface area contributed by atoms with Gasteiger partial charge in [-0.3, -0.25) is 0 Å². The molecule has 0 bridgehead atoms. The topological polar surface area (TPSA) is 51.1 Å². The summed E-state index contributed by atoms with van der Waals surface area (Å²) in [6.07, 6.45) is 10.6. The molecule has 6 nitrogen and oxygen atoms in total. The number of nitrogens with zero attached hydrogens (tertiary/aromatic N) is 3. The third-order valence-electron chi connectivity index (χ3n) is 18.3. The number of aromatic nitrogens is 3. The number of furan rings is 3. The van der Waals surface area contributed by atoms with Gasteiger partial charge < -0.3 is 13.3 Å². The number of pyridine rings is 3. The third-order valence-corrected chi connectivity index (χ3v) is 18.3. The highest BCUT2D eigenvalue weighted by Gasteiger charge is 2.28. The smallest absolute Gasteiger partial charge is 0.216 e. The summed E-state index contributed by atoms with van der Waals surface area (Å²) in [5.74, 6) is -0.483. The first-order chi connectivity index (χ1) is 41.4. The molecule has 6 heterocycles. The Kier molecular flexibility index (Phi) is 13.0. The highest BCUT2D eigenvalue weighted by atomic mass is 16.3. The van der Waals surface area contributed by atoms with Gasteiger partial charge in [0.15, 0.2) is 18.6 Å². The molecule has 0 amide bonds. The van der Waals surface area contributed by atoms with Crippen molar-refractivity contribution in [3.8, 4) is 33.8 Å². The van der Waals surface area contributed by atoms with Gasteiger partial charge in [0.05, 0.1) is 34.4 Å². The van der Waals surface area contributed by atoms with Crippen molar-refractivity contribution in [2.75, 3.05) is 0 Å². The first-order valence-electron chi connectivity index (χ1n) is 30.4. The van der Waals surface area contributed by atoms with Crippen molar-refractivity contribution in [1.29, 1.82) is 0 Å². The Balaban J connectivity index is 0.000000116. The molecule has 16 rings (SSSR count). The van der Waals surface area contributed by atoms with Crippen molar-refractivity contribution >= 4 is 98.1 Å². The van der Waals surface area contributed by atoms with Gasteiger partial charge in [-0.2, -0.15) is 0 Å². The number of rotatable bonds is 4. The molecule has 0 unspecified atom stereocenters. The molecule has 0 aliphatic heterocycles. The van der Waals surface area contributed by atoms with Gasteiger partial charge in [-0.05, 0) is 169 Å². The summed E-state index contributed by atoms with van der Waals surface area (Å²) in [6, 6.07) is 64.7. The Bertz CT molecular complexity index is 5220. The van der Waals surface area contributed by atoms with Crippen molar-refractivity contribution in [2.24, 2.45) is 26.6 Å². The van der Waals surface area contributed by atoms with Crippen LogP contribution >= 0.6 is 0 Å². The van der Waals surface area contributed by atoms with Crippen LogP contribution in [0.3, 0.4) is 0 Å². The minimum absolute atomic E-state index is 0.356. The Morgan fingerprint density at radius 1 is 0.376 bits per heavy atom. The van der Waals surface area contributed by atoms with Crippen LogP contribution in [0.4, 0.5) is 0 Å². The lowest BCUT2D eigenvalue weighted by molar-refractivity contribution is -0.659. The fraction of sp³-hybridized carbons (Fsp3) is 0.203. The first-order valence-corrected chi connectivity index (χ1v) is 29.9. The van der Waals surface area contributed by atoms with E-state index in [-0.39, 0.29) is 0 Å². The van der Waals surface area contributed by atoms with E-state index < -0.39 is 5.89 Å². The molecule has 6 heteroatoms. The SMILES string of the molecule is Cc1ccc(-c2cc3oc4cc5cc(C)ccc5cc4c3c[n+]2C)c(C)c1.Cc1ccccc1-c1cc2oc3cc4ccccc4cc3c2c[n+]1C.[2H]C1(c2ccc3c(ccc4c5c[n+](C)c(-c6ccccc6C)cc5oc34)c2)CCC(C)(C)CC1. The van der Waals surface area contributed by atoms with Gasteiger partial charge >= 0.3 is 0 Å². The molecule has 1 saturated carbocycles. The second kappa shape index (κ2) is 21.0. The Morgan fingerprint density at radius 3 is 1.40 bits per heavy atom. The van der Waals surface area contributed by atoms with E-state index in [9.17, 15) is 1.37 Å². The van der Waals surface area contributed by atoms with Crippen LogP contribution in [0.25, 0.3) is 132 Å². The Hall–Kier alpha value is -9.39. The monoisotopic (exact) mass is 1110 g/mol. The fourth-order valence-corrected chi connectivity index (χ4v) is 13.3. The minimum Gasteiger partial charge on any atom is -0.456 e. The lowest BCUT2D eigenvalue weighted by Gasteiger charge is -2.34. The zero-order valence-corrected chi connectivity index (χ0v) is 50.4. The lowest BCUT2D eigenvalue weighted by Crippen LogP contribution is -2.30. The van der Waals surface area contributed by atoms with E-state index in [1.807, 2.05) is 0 Å². The molecule has 1 aliphatic carbocycles. The molecule has 15 aromatic rings. The number of fused-ring (bicyclic) bond motifs is 13. The molecule has 0 N–H and O–H groups in total. The highest BCUT2D eigenvalue weighted by molar-refractivity contribution is 6.15. The zero-order chi connectivity index (χ0) is 59.3. The molecule has 1 fully saturated rings. The van der Waals surface area contributed by atoms with Crippen LogP contribution in [0.15, 0.2) is 214 Å². The van der Waals surface area contributed by atoms with Crippen molar-refractivity contribution in [1.82, 2.24) is 0 Å². The second-order valence-electron chi connectivity index (χ2n) is 24.9. The molecule has 418 valence electrons. The van der Waals surface area contributed by atoms with Gasteiger partial charge in [-0.15, -0.1) is 0 Å². The van der Waals surface area contributed by atoms with E-state index in [0.717, 1.165) is 108 Å². The van der Waals surface area contributed by atoms with Gasteiger partial charge in [0.2, 0.25) is 17.1 Å².